The van der Waals surface area contributed by atoms with Crippen LogP contribution in [0.3, 0.4) is 0 Å². The molecule has 0 aliphatic heterocycles. The van der Waals surface area contributed by atoms with E-state index >= 15 is 0 Å². The average molecular weight is 145 g/mol. The Bertz CT molecular complexity index is 133. The number of carbonyl (C=O) groups is 1. The van der Waals surface area contributed by atoms with E-state index < -0.39 is 6.09 Å². The fourth-order valence-corrected chi connectivity index (χ4v) is 0.768. The van der Waals surface area contributed by atoms with Gasteiger partial charge in [-0.2, -0.15) is 4.89 Å². The third-order valence-electron chi connectivity index (χ3n) is 1.57. The third-order valence-corrected chi connectivity index (χ3v) is 1.57. The fourth-order valence-electron chi connectivity index (χ4n) is 0.768. The van der Waals surface area contributed by atoms with Crippen LogP contribution in [0.5, 0.6) is 0 Å². The number of hydrogen-bond donors (Lipinski definition) is 1. The molecule has 0 heterocycles. The minimum absolute atomic E-state index is 0.00694. The zero-order chi connectivity index (χ0) is 7.56. The van der Waals surface area contributed by atoms with Gasteiger partial charge in [-0.15, -0.1) is 0 Å². The van der Waals surface area contributed by atoms with Crippen LogP contribution in [0, 0.1) is 5.92 Å². The summed E-state index contributed by atoms with van der Waals surface area (Å²) in [6, 6.07) is 0. The Hall–Kier alpha value is -0.770. The van der Waals surface area contributed by atoms with Gasteiger partial charge in [-0.25, -0.2) is 4.79 Å². The van der Waals surface area contributed by atoms with E-state index in [0.29, 0.717) is 5.92 Å². The van der Waals surface area contributed by atoms with E-state index in [9.17, 15) is 4.79 Å². The van der Waals surface area contributed by atoms with Crippen LogP contribution in [0.25, 0.3) is 0 Å². The number of carbonyl (C=O) groups excluding carboxylic acids is 1. The molecule has 10 heavy (non-hydrogen) atoms. The van der Waals surface area contributed by atoms with Crippen LogP contribution in [0.2, 0.25) is 0 Å². The summed E-state index contributed by atoms with van der Waals surface area (Å²) in [5.41, 5.74) is 4.68. The van der Waals surface area contributed by atoms with Crippen molar-refractivity contribution in [3.8, 4) is 0 Å². The summed E-state index contributed by atoms with van der Waals surface area (Å²) in [4.78, 5) is 18.8. The number of nitrogens with two attached hydrogens (primary N) is 1. The Morgan fingerprint density at radius 2 is 2.30 bits per heavy atom. The molecule has 1 aliphatic carbocycles. The lowest BCUT2D eigenvalue weighted by atomic mass is 10.3. The predicted molar refractivity (Wildman–Crippen MR) is 33.9 cm³/mol. The quantitative estimate of drug-likeness (QED) is 0.472. The maximum Gasteiger partial charge on any atom is 0.436 e. The molecule has 0 aromatic heterocycles. The van der Waals surface area contributed by atoms with Crippen molar-refractivity contribution in [3.05, 3.63) is 0 Å². The summed E-state index contributed by atoms with van der Waals surface area (Å²) < 4.78 is 0. The minimum atomic E-state index is -0.882. The topological polar surface area (TPSA) is 61.6 Å². The van der Waals surface area contributed by atoms with Gasteiger partial charge in [-0.1, -0.05) is 0 Å². The van der Waals surface area contributed by atoms with Crippen LogP contribution >= 0.6 is 0 Å². The molecule has 2 N–H and O–H groups in total. The minimum Gasteiger partial charge on any atom is -0.333 e. The molecule has 0 radical (unpaired) electrons. The Morgan fingerprint density at radius 1 is 1.70 bits per heavy atom. The van der Waals surface area contributed by atoms with Gasteiger partial charge in [0.05, 0.1) is 0 Å². The molecular weight excluding hydrogens is 134 g/mol. The molecular formula is C6H11NO3. The van der Waals surface area contributed by atoms with Crippen molar-refractivity contribution in [1.82, 2.24) is 0 Å². The summed E-state index contributed by atoms with van der Waals surface area (Å²) >= 11 is 0. The van der Waals surface area contributed by atoms with Crippen molar-refractivity contribution in [2.24, 2.45) is 11.7 Å². The summed E-state index contributed by atoms with van der Waals surface area (Å²) in [6.07, 6.45) is 1.42. The van der Waals surface area contributed by atoms with Crippen LogP contribution in [0.15, 0.2) is 0 Å². The SMILES string of the molecule is CC(OOC(N)=O)C1CC1. The second-order valence-corrected chi connectivity index (χ2v) is 2.54. The second-order valence-electron chi connectivity index (χ2n) is 2.54. The molecule has 1 fully saturated rings. The molecule has 1 atom stereocenters. The van der Waals surface area contributed by atoms with Crippen LogP contribution < -0.4 is 5.73 Å². The van der Waals surface area contributed by atoms with Gasteiger partial charge in [-0.05, 0) is 25.7 Å². The van der Waals surface area contributed by atoms with Crippen molar-refractivity contribution >= 4 is 6.09 Å². The molecule has 1 saturated carbocycles. The zero-order valence-electron chi connectivity index (χ0n) is 5.87. The number of rotatable bonds is 3. The first kappa shape index (κ1) is 7.34. The highest BCUT2D eigenvalue weighted by Crippen LogP contribution is 2.33. The normalized spacial score (nSPS) is 20.1. The van der Waals surface area contributed by atoms with Crippen LogP contribution in [-0.4, -0.2) is 12.2 Å². The lowest BCUT2D eigenvalue weighted by Crippen LogP contribution is -2.19. The predicted octanol–water partition coefficient (Wildman–Crippen LogP) is 0.812. The average Bonchev–Trinajstić information content (AvgIpc) is 2.63. The summed E-state index contributed by atoms with van der Waals surface area (Å²) in [5, 5.41) is 0. The highest BCUT2D eigenvalue weighted by Gasteiger charge is 2.30. The molecule has 4 nitrogen and oxygen atoms in total. The molecule has 4 heteroatoms. The standard InChI is InChI=1S/C6H11NO3/c1-4(5-2-3-5)9-10-6(7)8/h4-5H,2-3H2,1H3,(H2,7,8). The van der Waals surface area contributed by atoms with Crippen molar-refractivity contribution in [1.29, 1.82) is 0 Å². The number of hydrogen-bond acceptors (Lipinski definition) is 3. The third kappa shape index (κ3) is 2.23. The van der Waals surface area contributed by atoms with E-state index in [0.717, 1.165) is 12.8 Å². The Balaban J connectivity index is 2.05. The molecule has 1 aliphatic rings. The maximum atomic E-state index is 10.0. The molecule has 0 saturated heterocycles. The summed E-state index contributed by atoms with van der Waals surface area (Å²) in [6.45, 7) is 1.86. The van der Waals surface area contributed by atoms with Crippen molar-refractivity contribution in [2.75, 3.05) is 0 Å². The molecule has 58 valence electrons. The van der Waals surface area contributed by atoms with Gasteiger partial charge in [0.25, 0.3) is 0 Å². The first-order valence-electron chi connectivity index (χ1n) is 3.33. The smallest absolute Gasteiger partial charge is 0.333 e. The fraction of sp³-hybridized carbons (Fsp3) is 0.833. The lowest BCUT2D eigenvalue weighted by molar-refractivity contribution is -0.271. The Kier molecular flexibility index (Phi) is 2.11. The van der Waals surface area contributed by atoms with E-state index in [-0.39, 0.29) is 6.10 Å². The van der Waals surface area contributed by atoms with Crippen molar-refractivity contribution in [2.45, 2.75) is 25.9 Å². The van der Waals surface area contributed by atoms with Gasteiger partial charge in [-0.3, -0.25) is 4.89 Å². The van der Waals surface area contributed by atoms with E-state index in [2.05, 4.69) is 15.5 Å². The number of primary amides is 1. The van der Waals surface area contributed by atoms with Crippen LogP contribution in [0.4, 0.5) is 4.79 Å². The monoisotopic (exact) mass is 145 g/mol. The molecule has 1 amide bonds. The molecule has 0 bridgehead atoms. The highest BCUT2D eigenvalue weighted by atomic mass is 17.2. The van der Waals surface area contributed by atoms with Gasteiger partial charge in [0.15, 0.2) is 0 Å². The van der Waals surface area contributed by atoms with Crippen LogP contribution in [-0.2, 0) is 9.78 Å². The van der Waals surface area contributed by atoms with E-state index in [1.165, 1.54) is 0 Å². The van der Waals surface area contributed by atoms with E-state index in [1.807, 2.05) is 6.92 Å². The van der Waals surface area contributed by atoms with Gasteiger partial charge < -0.3 is 5.73 Å². The lowest BCUT2D eigenvalue weighted by Gasteiger charge is -2.06. The summed E-state index contributed by atoms with van der Waals surface area (Å²) in [5.74, 6) is 0.555. The van der Waals surface area contributed by atoms with E-state index in [4.69, 9.17) is 0 Å². The highest BCUT2D eigenvalue weighted by molar-refractivity contribution is 5.63. The molecule has 0 aromatic rings. The summed E-state index contributed by atoms with van der Waals surface area (Å²) in [7, 11) is 0. The van der Waals surface area contributed by atoms with Gasteiger partial charge >= 0.3 is 6.09 Å². The number of amides is 1. The van der Waals surface area contributed by atoms with Gasteiger partial charge in [0.1, 0.15) is 6.10 Å². The molecule has 1 rings (SSSR count). The maximum absolute atomic E-state index is 10.0. The van der Waals surface area contributed by atoms with Gasteiger partial charge in [0, 0.05) is 0 Å². The first-order chi connectivity index (χ1) is 4.70. The van der Waals surface area contributed by atoms with Crippen LogP contribution in [0.1, 0.15) is 19.8 Å². The Morgan fingerprint density at radius 3 is 2.70 bits per heavy atom. The Labute approximate surface area is 59.2 Å². The van der Waals surface area contributed by atoms with Gasteiger partial charge in [0.2, 0.25) is 0 Å². The molecule has 0 aromatic carbocycles. The largest absolute Gasteiger partial charge is 0.436 e. The molecule has 0 spiro atoms. The van der Waals surface area contributed by atoms with Crippen molar-refractivity contribution < 1.29 is 14.6 Å². The first-order valence-corrected chi connectivity index (χ1v) is 3.33. The van der Waals surface area contributed by atoms with E-state index in [1.54, 1.807) is 0 Å². The second kappa shape index (κ2) is 2.88. The molecule has 1 unspecified atom stereocenters. The zero-order valence-corrected chi connectivity index (χ0v) is 5.87. The van der Waals surface area contributed by atoms with Crippen molar-refractivity contribution in [3.63, 3.8) is 0 Å².